The average molecular weight is 431 g/mol. The Bertz CT molecular complexity index is 1080. The van der Waals surface area contributed by atoms with E-state index in [4.69, 9.17) is 35.5 Å². The highest BCUT2D eigenvalue weighted by Crippen LogP contribution is 2.36. The van der Waals surface area contributed by atoms with E-state index in [-0.39, 0.29) is 0 Å². The Hall–Kier alpha value is -2.26. The molecule has 5 rings (SSSR count). The first-order chi connectivity index (χ1) is 14.6. The molecule has 2 aliphatic heterocycles. The summed E-state index contributed by atoms with van der Waals surface area (Å²) in [4.78, 5) is 9.09. The van der Waals surface area contributed by atoms with Gasteiger partial charge in [-0.1, -0.05) is 11.6 Å². The molecule has 1 atom stereocenters. The Morgan fingerprint density at radius 2 is 2.13 bits per heavy atom. The van der Waals surface area contributed by atoms with E-state index in [2.05, 4.69) is 10.1 Å². The van der Waals surface area contributed by atoms with Gasteiger partial charge in [0.2, 0.25) is 0 Å². The van der Waals surface area contributed by atoms with Crippen LogP contribution in [0.3, 0.4) is 0 Å². The van der Waals surface area contributed by atoms with Crippen molar-refractivity contribution >= 4 is 22.5 Å². The zero-order chi connectivity index (χ0) is 20.7. The molecular formula is C21H23ClN4O4. The lowest BCUT2D eigenvalue weighted by Crippen LogP contribution is -2.33. The predicted octanol–water partition coefficient (Wildman–Crippen LogP) is 3.06. The van der Waals surface area contributed by atoms with Crippen LogP contribution in [-0.2, 0) is 19.8 Å². The summed E-state index contributed by atoms with van der Waals surface area (Å²) in [7, 11) is 1.69. The summed E-state index contributed by atoms with van der Waals surface area (Å²) in [5, 5.41) is 6.01. The number of hydrogen-bond donors (Lipinski definition) is 0. The maximum atomic E-state index is 6.16. The van der Waals surface area contributed by atoms with Gasteiger partial charge in [0, 0.05) is 55.8 Å². The number of hydrogen-bond acceptors (Lipinski definition) is 7. The lowest BCUT2D eigenvalue weighted by Gasteiger charge is -2.28. The van der Waals surface area contributed by atoms with Crippen LogP contribution < -0.4 is 4.74 Å². The number of fused-ring (bicyclic) bond motifs is 1. The molecule has 0 bridgehead atoms. The molecule has 0 aliphatic carbocycles. The van der Waals surface area contributed by atoms with E-state index < -0.39 is 5.60 Å². The number of pyridine rings is 2. The molecule has 5 heterocycles. The van der Waals surface area contributed by atoms with Crippen molar-refractivity contribution < 1.29 is 18.9 Å². The highest BCUT2D eigenvalue weighted by atomic mass is 35.5. The van der Waals surface area contributed by atoms with Crippen LogP contribution in [0.1, 0.15) is 17.8 Å². The molecule has 3 aromatic rings. The summed E-state index contributed by atoms with van der Waals surface area (Å²) < 4.78 is 24.7. The van der Waals surface area contributed by atoms with Crippen molar-refractivity contribution in [2.45, 2.75) is 18.9 Å². The Kier molecular flexibility index (Phi) is 5.10. The zero-order valence-corrected chi connectivity index (χ0v) is 17.7. The number of aryl methyl sites for hydroxylation is 1. The number of nitrogens with zero attached hydrogens (tertiary/aromatic N) is 4. The van der Waals surface area contributed by atoms with Crippen molar-refractivity contribution in [1.82, 2.24) is 19.7 Å². The minimum absolute atomic E-state index is 0.402. The molecule has 2 aliphatic rings. The van der Waals surface area contributed by atoms with Gasteiger partial charge in [-0.3, -0.25) is 0 Å². The summed E-state index contributed by atoms with van der Waals surface area (Å²) in [5.74, 6) is 1.76. The van der Waals surface area contributed by atoms with Gasteiger partial charge in [-0.05, 0) is 6.92 Å². The molecule has 0 unspecified atom stereocenters. The van der Waals surface area contributed by atoms with Crippen molar-refractivity contribution in [2.75, 3.05) is 40.1 Å². The number of halogens is 1. The third-order valence-corrected chi connectivity index (χ3v) is 5.96. The van der Waals surface area contributed by atoms with Gasteiger partial charge in [0.05, 0.1) is 43.3 Å². The van der Waals surface area contributed by atoms with Gasteiger partial charge in [-0.25, -0.2) is 14.6 Å². The van der Waals surface area contributed by atoms with Gasteiger partial charge in [0.25, 0.3) is 0 Å². The van der Waals surface area contributed by atoms with Crippen LogP contribution >= 0.6 is 11.6 Å². The largest absolute Gasteiger partial charge is 0.493 e. The number of methoxy groups -OCH3 is 1. The Morgan fingerprint density at radius 3 is 2.83 bits per heavy atom. The van der Waals surface area contributed by atoms with Crippen molar-refractivity contribution in [3.63, 3.8) is 0 Å². The van der Waals surface area contributed by atoms with E-state index in [1.54, 1.807) is 24.1 Å². The van der Waals surface area contributed by atoms with Crippen LogP contribution in [0.4, 0.5) is 0 Å². The molecule has 0 radical (unpaired) electrons. The Morgan fingerprint density at radius 1 is 1.27 bits per heavy atom. The van der Waals surface area contributed by atoms with Crippen molar-refractivity contribution in [1.29, 1.82) is 0 Å². The smallest absolute Gasteiger partial charge is 0.158 e. The van der Waals surface area contributed by atoms with Crippen LogP contribution in [0, 0.1) is 12.8 Å². The second-order valence-corrected chi connectivity index (χ2v) is 8.17. The molecular weight excluding hydrogens is 408 g/mol. The van der Waals surface area contributed by atoms with Crippen LogP contribution in [-0.4, -0.2) is 59.9 Å². The van der Waals surface area contributed by atoms with Gasteiger partial charge in [-0.2, -0.15) is 5.10 Å². The molecule has 0 spiro atoms. The minimum Gasteiger partial charge on any atom is -0.493 e. The van der Waals surface area contributed by atoms with Gasteiger partial charge < -0.3 is 18.9 Å². The predicted molar refractivity (Wildman–Crippen MR) is 110 cm³/mol. The molecule has 0 N–H and O–H groups in total. The van der Waals surface area contributed by atoms with Gasteiger partial charge >= 0.3 is 0 Å². The average Bonchev–Trinajstić information content (AvgIpc) is 3.32. The molecule has 158 valence electrons. The standard InChI is InChI=1S/C21H23ClN4O4/c1-13-16-8-23-19(22)7-17(16)26(25-13)20-6-15(30-11-14-9-29-10-14)5-18(24-20)21(27-2)3-4-28-12-21/h5-8,14H,3-4,9-12H2,1-2H3/t21-/m0/s1. The summed E-state index contributed by atoms with van der Waals surface area (Å²) in [6.07, 6.45) is 2.46. The van der Waals surface area contributed by atoms with E-state index >= 15 is 0 Å². The van der Waals surface area contributed by atoms with Crippen molar-refractivity contribution in [2.24, 2.45) is 5.92 Å². The molecule has 0 saturated carbocycles. The Balaban J connectivity index is 1.62. The number of ether oxygens (including phenoxy) is 4. The summed E-state index contributed by atoms with van der Waals surface area (Å²) in [6, 6.07) is 5.62. The van der Waals surface area contributed by atoms with Gasteiger partial charge in [0.1, 0.15) is 16.5 Å². The molecule has 30 heavy (non-hydrogen) atoms. The van der Waals surface area contributed by atoms with Crippen LogP contribution in [0.5, 0.6) is 5.75 Å². The monoisotopic (exact) mass is 430 g/mol. The van der Waals surface area contributed by atoms with Crippen LogP contribution in [0.25, 0.3) is 16.7 Å². The maximum absolute atomic E-state index is 6.16. The fraction of sp³-hybridized carbons (Fsp3) is 0.476. The third kappa shape index (κ3) is 3.43. The topological polar surface area (TPSA) is 80.5 Å². The molecule has 2 saturated heterocycles. The lowest BCUT2D eigenvalue weighted by atomic mass is 9.97. The molecule has 9 heteroatoms. The van der Waals surface area contributed by atoms with Crippen LogP contribution in [0.2, 0.25) is 5.15 Å². The van der Waals surface area contributed by atoms with Crippen molar-refractivity contribution in [3.05, 3.63) is 40.9 Å². The minimum atomic E-state index is -0.606. The first-order valence-electron chi connectivity index (χ1n) is 9.95. The third-order valence-electron chi connectivity index (χ3n) is 5.75. The molecule has 0 aromatic carbocycles. The lowest BCUT2D eigenvalue weighted by molar-refractivity contribution is -0.0510. The van der Waals surface area contributed by atoms with Crippen molar-refractivity contribution in [3.8, 4) is 11.6 Å². The van der Waals surface area contributed by atoms with E-state index in [1.165, 1.54) is 0 Å². The molecule has 2 fully saturated rings. The molecule has 0 amide bonds. The highest BCUT2D eigenvalue weighted by Gasteiger charge is 2.39. The molecule has 8 nitrogen and oxygen atoms in total. The second kappa shape index (κ2) is 7.77. The summed E-state index contributed by atoms with van der Waals surface area (Å²) >= 11 is 6.16. The zero-order valence-electron chi connectivity index (χ0n) is 16.9. The van der Waals surface area contributed by atoms with E-state index in [0.717, 1.165) is 41.9 Å². The summed E-state index contributed by atoms with van der Waals surface area (Å²) in [5.41, 5.74) is 1.84. The van der Waals surface area contributed by atoms with E-state index in [9.17, 15) is 0 Å². The SMILES string of the molecule is CO[C@@]1(c2cc(OCC3COC3)cc(-n3nc(C)c4cnc(Cl)cc43)n2)CCOC1. The Labute approximate surface area is 179 Å². The summed E-state index contributed by atoms with van der Waals surface area (Å²) in [6.45, 7) is 5.07. The fourth-order valence-corrected chi connectivity index (χ4v) is 3.98. The quantitative estimate of drug-likeness (QED) is 0.556. The maximum Gasteiger partial charge on any atom is 0.158 e. The number of aromatic nitrogens is 4. The van der Waals surface area contributed by atoms with Gasteiger partial charge in [-0.15, -0.1) is 0 Å². The molecule has 3 aromatic heterocycles. The fourth-order valence-electron chi connectivity index (χ4n) is 3.83. The van der Waals surface area contributed by atoms with Crippen LogP contribution in [0.15, 0.2) is 24.4 Å². The van der Waals surface area contributed by atoms with E-state index in [0.29, 0.717) is 42.5 Å². The normalized spacial score (nSPS) is 21.8. The highest BCUT2D eigenvalue weighted by molar-refractivity contribution is 6.30. The first kappa shape index (κ1) is 19.7. The second-order valence-electron chi connectivity index (χ2n) is 7.78. The number of rotatable bonds is 6. The first-order valence-corrected chi connectivity index (χ1v) is 10.3. The van der Waals surface area contributed by atoms with E-state index in [1.807, 2.05) is 19.1 Å². The van der Waals surface area contributed by atoms with Gasteiger partial charge in [0.15, 0.2) is 5.82 Å².